The van der Waals surface area contributed by atoms with Crippen molar-refractivity contribution in [1.29, 1.82) is 0 Å². The molecule has 1 unspecified atom stereocenters. The Morgan fingerprint density at radius 2 is 2.25 bits per heavy atom. The van der Waals surface area contributed by atoms with E-state index in [9.17, 15) is 0 Å². The quantitative estimate of drug-likeness (QED) is 0.687. The molecule has 1 saturated heterocycles. The highest BCUT2D eigenvalue weighted by Gasteiger charge is 2.19. The molecule has 1 fully saturated rings. The highest BCUT2D eigenvalue weighted by atomic mass is 15.2. The minimum atomic E-state index is 0.809. The van der Waals surface area contributed by atoms with Crippen molar-refractivity contribution in [3.05, 3.63) is 0 Å². The van der Waals surface area contributed by atoms with Gasteiger partial charge >= 0.3 is 0 Å². The third-order valence-electron chi connectivity index (χ3n) is 2.77. The molecule has 1 N–H and O–H groups in total. The van der Waals surface area contributed by atoms with Crippen molar-refractivity contribution in [3.63, 3.8) is 0 Å². The summed E-state index contributed by atoms with van der Waals surface area (Å²) in [5, 5.41) is 3.47. The molecule has 12 heavy (non-hydrogen) atoms. The lowest BCUT2D eigenvalue weighted by molar-refractivity contribution is 0.159. The van der Waals surface area contributed by atoms with Crippen molar-refractivity contribution in [2.24, 2.45) is 0 Å². The molecule has 0 amide bonds. The topological polar surface area (TPSA) is 15.3 Å². The Labute approximate surface area is 76.3 Å². The van der Waals surface area contributed by atoms with Gasteiger partial charge in [-0.3, -0.25) is 4.90 Å². The van der Waals surface area contributed by atoms with Gasteiger partial charge in [0.1, 0.15) is 0 Å². The summed E-state index contributed by atoms with van der Waals surface area (Å²) in [5.74, 6) is 0. The maximum atomic E-state index is 3.47. The van der Waals surface area contributed by atoms with Crippen molar-refractivity contribution < 1.29 is 0 Å². The monoisotopic (exact) mass is 170 g/mol. The van der Waals surface area contributed by atoms with Crippen LogP contribution in [0.4, 0.5) is 0 Å². The summed E-state index contributed by atoms with van der Waals surface area (Å²) in [6.45, 7) is 9.38. The largest absolute Gasteiger partial charge is 0.314 e. The smallest absolute Gasteiger partial charge is 0.0221 e. The van der Waals surface area contributed by atoms with E-state index in [0.717, 1.165) is 6.04 Å². The van der Waals surface area contributed by atoms with Gasteiger partial charge in [-0.05, 0) is 13.0 Å². The fourth-order valence-corrected chi connectivity index (χ4v) is 1.94. The third-order valence-corrected chi connectivity index (χ3v) is 2.77. The molecule has 2 nitrogen and oxygen atoms in total. The molecule has 0 aromatic heterocycles. The summed E-state index contributed by atoms with van der Waals surface area (Å²) in [5.41, 5.74) is 0. The number of hydrogen-bond donors (Lipinski definition) is 1. The van der Waals surface area contributed by atoms with Crippen LogP contribution in [0.15, 0.2) is 0 Å². The maximum Gasteiger partial charge on any atom is 0.0221 e. The fraction of sp³-hybridized carbons (Fsp3) is 1.00. The van der Waals surface area contributed by atoms with Gasteiger partial charge in [-0.25, -0.2) is 0 Å². The predicted molar refractivity (Wildman–Crippen MR) is 53.4 cm³/mol. The van der Waals surface area contributed by atoms with Crippen LogP contribution in [0.1, 0.15) is 33.1 Å². The predicted octanol–water partition coefficient (Wildman–Crippen LogP) is 1.47. The molecular formula is C10H22N2. The molecule has 2 heteroatoms. The first-order valence-electron chi connectivity index (χ1n) is 5.33. The molecule has 72 valence electrons. The number of nitrogens with one attached hydrogen (secondary N) is 1. The molecule has 1 rings (SSSR count). The van der Waals surface area contributed by atoms with E-state index < -0.39 is 0 Å². The van der Waals surface area contributed by atoms with E-state index >= 15 is 0 Å². The van der Waals surface area contributed by atoms with E-state index in [0.29, 0.717) is 0 Å². The van der Waals surface area contributed by atoms with Crippen LogP contribution in [0.5, 0.6) is 0 Å². The molecule has 0 aliphatic carbocycles. The Kier molecular flexibility index (Phi) is 4.62. The van der Waals surface area contributed by atoms with Crippen molar-refractivity contribution in [2.75, 3.05) is 26.2 Å². The Hall–Kier alpha value is -0.0800. The van der Waals surface area contributed by atoms with E-state index in [4.69, 9.17) is 0 Å². The molecule has 1 heterocycles. The van der Waals surface area contributed by atoms with E-state index in [2.05, 4.69) is 24.1 Å². The van der Waals surface area contributed by atoms with Gasteiger partial charge in [0.15, 0.2) is 0 Å². The lowest BCUT2D eigenvalue weighted by atomic mass is 10.1. The molecule has 1 aliphatic heterocycles. The van der Waals surface area contributed by atoms with Crippen LogP contribution in [0.3, 0.4) is 0 Å². The Morgan fingerprint density at radius 1 is 1.42 bits per heavy atom. The minimum Gasteiger partial charge on any atom is -0.314 e. The molecule has 1 atom stereocenters. The molecule has 1 aliphatic rings. The summed E-state index contributed by atoms with van der Waals surface area (Å²) in [6, 6.07) is 0.809. The second kappa shape index (κ2) is 5.55. The van der Waals surface area contributed by atoms with Crippen LogP contribution in [-0.2, 0) is 0 Å². The Balaban J connectivity index is 2.26. The first-order valence-corrected chi connectivity index (χ1v) is 5.33. The van der Waals surface area contributed by atoms with Crippen LogP contribution >= 0.6 is 0 Å². The van der Waals surface area contributed by atoms with Gasteiger partial charge in [-0.1, -0.05) is 26.7 Å². The normalized spacial score (nSPS) is 26.0. The Bertz CT molecular complexity index is 114. The molecule has 0 aromatic rings. The third kappa shape index (κ3) is 2.76. The van der Waals surface area contributed by atoms with Crippen molar-refractivity contribution in [3.8, 4) is 0 Å². The summed E-state index contributed by atoms with van der Waals surface area (Å²) in [6.07, 6.45) is 4.08. The average Bonchev–Trinajstić information content (AvgIpc) is 2.15. The van der Waals surface area contributed by atoms with Crippen molar-refractivity contribution in [1.82, 2.24) is 10.2 Å². The van der Waals surface area contributed by atoms with Gasteiger partial charge in [0.2, 0.25) is 0 Å². The Morgan fingerprint density at radius 3 is 2.92 bits per heavy atom. The minimum absolute atomic E-state index is 0.809. The second-order valence-electron chi connectivity index (χ2n) is 3.63. The summed E-state index contributed by atoms with van der Waals surface area (Å²) in [4.78, 5) is 2.60. The zero-order valence-electron chi connectivity index (χ0n) is 8.47. The maximum absolute atomic E-state index is 3.47. The number of likely N-dealkylation sites (N-methyl/N-ethyl adjacent to an activating group) is 1. The first kappa shape index (κ1) is 10.0. The second-order valence-corrected chi connectivity index (χ2v) is 3.63. The van der Waals surface area contributed by atoms with Gasteiger partial charge in [0.05, 0.1) is 0 Å². The zero-order valence-corrected chi connectivity index (χ0v) is 8.47. The standard InChI is InChI=1S/C10H22N2/c1-3-5-6-10-9-11-7-8-12(10)4-2/h10-11H,3-9H2,1-2H3. The van der Waals surface area contributed by atoms with E-state index in [1.165, 1.54) is 45.4 Å². The van der Waals surface area contributed by atoms with E-state index in [-0.39, 0.29) is 0 Å². The number of piperazine rings is 1. The number of rotatable bonds is 4. The van der Waals surface area contributed by atoms with Crippen LogP contribution in [0.25, 0.3) is 0 Å². The van der Waals surface area contributed by atoms with Crippen molar-refractivity contribution >= 4 is 0 Å². The first-order chi connectivity index (χ1) is 5.88. The van der Waals surface area contributed by atoms with Crippen LogP contribution in [0, 0.1) is 0 Å². The highest BCUT2D eigenvalue weighted by molar-refractivity contribution is 4.78. The van der Waals surface area contributed by atoms with Gasteiger partial charge in [-0.2, -0.15) is 0 Å². The highest BCUT2D eigenvalue weighted by Crippen LogP contribution is 2.10. The van der Waals surface area contributed by atoms with E-state index in [1.54, 1.807) is 0 Å². The van der Waals surface area contributed by atoms with Crippen LogP contribution < -0.4 is 5.32 Å². The summed E-state index contributed by atoms with van der Waals surface area (Å²) < 4.78 is 0. The lowest BCUT2D eigenvalue weighted by Crippen LogP contribution is -2.50. The lowest BCUT2D eigenvalue weighted by Gasteiger charge is -2.35. The number of hydrogen-bond acceptors (Lipinski definition) is 2. The number of unbranched alkanes of at least 4 members (excludes halogenated alkanes) is 1. The average molecular weight is 170 g/mol. The molecule has 0 radical (unpaired) electrons. The SMILES string of the molecule is CCCCC1CNCCN1CC. The van der Waals surface area contributed by atoms with Gasteiger partial charge in [0, 0.05) is 25.7 Å². The summed E-state index contributed by atoms with van der Waals surface area (Å²) in [7, 11) is 0. The van der Waals surface area contributed by atoms with Crippen molar-refractivity contribution in [2.45, 2.75) is 39.2 Å². The van der Waals surface area contributed by atoms with Crippen LogP contribution in [0.2, 0.25) is 0 Å². The van der Waals surface area contributed by atoms with Gasteiger partial charge < -0.3 is 5.32 Å². The van der Waals surface area contributed by atoms with Gasteiger partial charge in [-0.15, -0.1) is 0 Å². The molecular weight excluding hydrogens is 148 g/mol. The number of nitrogens with zero attached hydrogens (tertiary/aromatic N) is 1. The molecule has 0 spiro atoms. The molecule has 0 saturated carbocycles. The summed E-state index contributed by atoms with van der Waals surface area (Å²) >= 11 is 0. The van der Waals surface area contributed by atoms with Crippen LogP contribution in [-0.4, -0.2) is 37.1 Å². The van der Waals surface area contributed by atoms with Gasteiger partial charge in [0.25, 0.3) is 0 Å². The fourth-order valence-electron chi connectivity index (χ4n) is 1.94. The molecule has 0 aromatic carbocycles. The zero-order chi connectivity index (χ0) is 8.81. The molecule has 0 bridgehead atoms. The van der Waals surface area contributed by atoms with E-state index in [1.807, 2.05) is 0 Å².